The summed E-state index contributed by atoms with van der Waals surface area (Å²) in [6.07, 6.45) is 6.04. The molecule has 0 bridgehead atoms. The zero-order valence-electron chi connectivity index (χ0n) is 18.4. The van der Waals surface area contributed by atoms with Crippen LogP contribution in [0.1, 0.15) is 46.0 Å². The van der Waals surface area contributed by atoms with E-state index in [1.165, 1.54) is 0 Å². The van der Waals surface area contributed by atoms with Crippen molar-refractivity contribution in [2.45, 2.75) is 64.3 Å². The zero-order chi connectivity index (χ0) is 21.0. The minimum atomic E-state index is 0.163. The first-order chi connectivity index (χ1) is 14.7. The van der Waals surface area contributed by atoms with Gasteiger partial charge in [0.2, 0.25) is 0 Å². The molecule has 3 rings (SSSR count). The first-order valence-corrected chi connectivity index (χ1v) is 11.3. The molecule has 2 atom stereocenters. The van der Waals surface area contributed by atoms with E-state index in [0.717, 1.165) is 69.3 Å². The van der Waals surface area contributed by atoms with Gasteiger partial charge >= 0.3 is 0 Å². The van der Waals surface area contributed by atoms with E-state index in [0.29, 0.717) is 19.8 Å². The molecule has 2 saturated heterocycles. The van der Waals surface area contributed by atoms with Crippen LogP contribution in [0.25, 0.3) is 0 Å². The van der Waals surface area contributed by atoms with Crippen molar-refractivity contribution in [2.24, 2.45) is 4.99 Å². The average Bonchev–Trinajstić information content (AvgIpc) is 3.43. The Balaban J connectivity index is 1.43. The second-order valence-electron chi connectivity index (χ2n) is 8.13. The number of rotatable bonds is 11. The number of hydrogen-bond donors (Lipinski definition) is 2. The van der Waals surface area contributed by atoms with E-state index in [9.17, 15) is 0 Å². The fraction of sp³-hybridized carbons (Fsp3) is 0.696. The van der Waals surface area contributed by atoms with Crippen LogP contribution in [0.5, 0.6) is 5.75 Å². The molecule has 2 N–H and O–H groups in total. The van der Waals surface area contributed by atoms with Gasteiger partial charge in [-0.3, -0.25) is 4.99 Å². The van der Waals surface area contributed by atoms with Crippen molar-refractivity contribution in [3.8, 4) is 5.75 Å². The Morgan fingerprint density at radius 1 is 1.10 bits per heavy atom. The third-order valence-electron chi connectivity index (χ3n) is 5.05. The van der Waals surface area contributed by atoms with Gasteiger partial charge in [-0.25, -0.2) is 0 Å². The van der Waals surface area contributed by atoms with Crippen LogP contribution in [0.2, 0.25) is 0 Å². The highest BCUT2D eigenvalue weighted by Gasteiger charge is 2.16. The minimum absolute atomic E-state index is 0.163. The van der Waals surface area contributed by atoms with Gasteiger partial charge in [0, 0.05) is 32.1 Å². The fourth-order valence-corrected chi connectivity index (χ4v) is 3.52. The summed E-state index contributed by atoms with van der Waals surface area (Å²) in [7, 11) is 0. The lowest BCUT2D eigenvalue weighted by Crippen LogP contribution is -2.33. The van der Waals surface area contributed by atoms with E-state index in [4.69, 9.17) is 23.9 Å². The minimum Gasteiger partial charge on any atom is -0.491 e. The Morgan fingerprint density at radius 3 is 2.50 bits per heavy atom. The smallest absolute Gasteiger partial charge is 0.195 e. The molecule has 7 nitrogen and oxygen atoms in total. The molecule has 0 amide bonds. The molecule has 2 unspecified atom stereocenters. The summed E-state index contributed by atoms with van der Waals surface area (Å²) in [6.45, 7) is 8.63. The van der Waals surface area contributed by atoms with Gasteiger partial charge in [-0.1, -0.05) is 0 Å². The van der Waals surface area contributed by atoms with Gasteiger partial charge in [-0.05, 0) is 70.2 Å². The van der Waals surface area contributed by atoms with Gasteiger partial charge < -0.3 is 29.6 Å². The molecule has 2 fully saturated rings. The number of benzene rings is 1. The van der Waals surface area contributed by atoms with E-state index in [1.54, 1.807) is 0 Å². The van der Waals surface area contributed by atoms with Crippen LogP contribution in [0.3, 0.4) is 0 Å². The molecular formula is C23H37N3O4. The molecule has 168 valence electrons. The van der Waals surface area contributed by atoms with Crippen molar-refractivity contribution in [3.63, 3.8) is 0 Å². The van der Waals surface area contributed by atoms with Crippen molar-refractivity contribution in [1.82, 2.24) is 5.32 Å². The molecule has 0 aliphatic carbocycles. The Labute approximate surface area is 180 Å². The highest BCUT2D eigenvalue weighted by molar-refractivity contribution is 5.93. The number of hydrogen-bond acceptors (Lipinski definition) is 5. The summed E-state index contributed by atoms with van der Waals surface area (Å²) in [5.41, 5.74) is 0.972. The average molecular weight is 420 g/mol. The van der Waals surface area contributed by atoms with Gasteiger partial charge in [0.1, 0.15) is 5.75 Å². The molecule has 2 aliphatic heterocycles. The molecule has 0 spiro atoms. The lowest BCUT2D eigenvalue weighted by Gasteiger charge is -2.15. The summed E-state index contributed by atoms with van der Waals surface area (Å²) in [6, 6.07) is 7.95. The van der Waals surface area contributed by atoms with Crippen molar-refractivity contribution in [3.05, 3.63) is 24.3 Å². The molecule has 0 aromatic heterocycles. The van der Waals surface area contributed by atoms with Crippen LogP contribution >= 0.6 is 0 Å². The maximum Gasteiger partial charge on any atom is 0.195 e. The monoisotopic (exact) mass is 419 g/mol. The third kappa shape index (κ3) is 8.50. The number of nitrogens with one attached hydrogen (secondary N) is 2. The van der Waals surface area contributed by atoms with Crippen LogP contribution in [0, 0.1) is 0 Å². The van der Waals surface area contributed by atoms with E-state index >= 15 is 0 Å². The van der Waals surface area contributed by atoms with Gasteiger partial charge in [0.25, 0.3) is 0 Å². The normalized spacial score (nSPS) is 21.9. The first kappa shape index (κ1) is 22.8. The predicted molar refractivity (Wildman–Crippen MR) is 120 cm³/mol. The molecule has 0 radical (unpaired) electrons. The molecule has 2 heterocycles. The van der Waals surface area contributed by atoms with Crippen LogP contribution in [0.4, 0.5) is 5.69 Å². The molecule has 30 heavy (non-hydrogen) atoms. The maximum atomic E-state index is 5.74. The second-order valence-corrected chi connectivity index (χ2v) is 8.13. The molecule has 1 aromatic rings. The van der Waals surface area contributed by atoms with Crippen LogP contribution < -0.4 is 15.4 Å². The highest BCUT2D eigenvalue weighted by atomic mass is 16.5. The van der Waals surface area contributed by atoms with Crippen molar-refractivity contribution in [1.29, 1.82) is 0 Å². The number of guanidine groups is 1. The summed E-state index contributed by atoms with van der Waals surface area (Å²) in [5, 5.41) is 6.79. The van der Waals surface area contributed by atoms with Crippen molar-refractivity contribution >= 4 is 11.6 Å². The standard InChI is InChI=1S/C23H37N3O4/c1-18(2)30-20-10-8-19(9-11-20)26-23(25-16-21-6-3-14-28-21)24-12-5-13-27-17-22-7-4-15-29-22/h8-11,18,21-22H,3-7,12-17H2,1-2H3,(H2,24,25,26). The van der Waals surface area contributed by atoms with Crippen molar-refractivity contribution < 1.29 is 18.9 Å². The van der Waals surface area contributed by atoms with Crippen LogP contribution in [-0.2, 0) is 14.2 Å². The van der Waals surface area contributed by atoms with Gasteiger partial charge in [-0.2, -0.15) is 0 Å². The van der Waals surface area contributed by atoms with Gasteiger partial charge in [0.05, 0.1) is 31.5 Å². The number of anilines is 1. The number of nitrogens with zero attached hydrogens (tertiary/aromatic N) is 1. The lowest BCUT2D eigenvalue weighted by atomic mass is 10.2. The van der Waals surface area contributed by atoms with E-state index in [-0.39, 0.29) is 18.3 Å². The molecule has 7 heteroatoms. The molecule has 2 aliphatic rings. The van der Waals surface area contributed by atoms with Gasteiger partial charge in [-0.15, -0.1) is 0 Å². The first-order valence-electron chi connectivity index (χ1n) is 11.3. The Morgan fingerprint density at radius 2 is 1.83 bits per heavy atom. The Kier molecular flexibility index (Phi) is 9.73. The largest absolute Gasteiger partial charge is 0.491 e. The zero-order valence-corrected chi connectivity index (χ0v) is 18.4. The SMILES string of the molecule is CC(C)Oc1ccc(NC(=NCC2CCCO2)NCCCOCC2CCCO2)cc1. The summed E-state index contributed by atoms with van der Waals surface area (Å²) in [5.74, 6) is 1.63. The summed E-state index contributed by atoms with van der Waals surface area (Å²) >= 11 is 0. The Bertz CT molecular complexity index is 624. The Hall–Kier alpha value is -1.83. The topological polar surface area (TPSA) is 73.3 Å². The number of ether oxygens (including phenoxy) is 4. The van der Waals surface area contributed by atoms with E-state index in [1.807, 2.05) is 38.1 Å². The highest BCUT2D eigenvalue weighted by Crippen LogP contribution is 2.17. The molecule has 1 aromatic carbocycles. The third-order valence-corrected chi connectivity index (χ3v) is 5.05. The molecule has 0 saturated carbocycles. The van der Waals surface area contributed by atoms with E-state index < -0.39 is 0 Å². The number of aliphatic imine (C=N–C) groups is 1. The van der Waals surface area contributed by atoms with Gasteiger partial charge in [0.15, 0.2) is 5.96 Å². The summed E-state index contributed by atoms with van der Waals surface area (Å²) in [4.78, 5) is 4.73. The maximum absolute atomic E-state index is 5.74. The van der Waals surface area contributed by atoms with Crippen molar-refractivity contribution in [2.75, 3.05) is 44.8 Å². The quantitative estimate of drug-likeness (QED) is 0.324. The fourth-order valence-electron chi connectivity index (χ4n) is 3.52. The second kappa shape index (κ2) is 12.8. The summed E-state index contributed by atoms with van der Waals surface area (Å²) < 4.78 is 22.7. The van der Waals surface area contributed by atoms with Crippen LogP contribution in [0.15, 0.2) is 29.3 Å². The van der Waals surface area contributed by atoms with E-state index in [2.05, 4.69) is 10.6 Å². The predicted octanol–water partition coefficient (Wildman–Crippen LogP) is 3.60. The lowest BCUT2D eigenvalue weighted by molar-refractivity contribution is 0.0168. The van der Waals surface area contributed by atoms with Crippen LogP contribution in [-0.4, -0.2) is 63.8 Å². The molecular weight excluding hydrogens is 382 g/mol.